The molecule has 5 nitrogen and oxygen atoms in total. The third-order valence-corrected chi connectivity index (χ3v) is 8.70. The summed E-state index contributed by atoms with van der Waals surface area (Å²) < 4.78 is 4.80. The van der Waals surface area contributed by atoms with Crippen molar-refractivity contribution in [1.82, 2.24) is 19.1 Å². The number of aromatic nitrogens is 4. The van der Waals surface area contributed by atoms with E-state index in [-0.39, 0.29) is 5.56 Å². The summed E-state index contributed by atoms with van der Waals surface area (Å²) in [7, 11) is 0. The SMILES string of the molecule is CCc1ccc(-n2c(=S)sc3c(=O)n(-c4ccccc4C)c(SCc4csc(C)n4)nc32)cc1. The summed E-state index contributed by atoms with van der Waals surface area (Å²) in [6.07, 6.45) is 0.965. The summed E-state index contributed by atoms with van der Waals surface area (Å²) in [6, 6.07) is 16.2. The lowest BCUT2D eigenvalue weighted by Crippen LogP contribution is -2.22. The third-order valence-electron chi connectivity index (χ3n) is 5.55. The second-order valence-electron chi connectivity index (χ2n) is 7.84. The van der Waals surface area contributed by atoms with Crippen molar-refractivity contribution in [1.29, 1.82) is 0 Å². The summed E-state index contributed by atoms with van der Waals surface area (Å²) in [4.78, 5) is 23.5. The molecule has 0 fully saturated rings. The fourth-order valence-electron chi connectivity index (χ4n) is 3.78. The quantitative estimate of drug-likeness (QED) is 0.138. The maximum Gasteiger partial charge on any atom is 0.278 e. The van der Waals surface area contributed by atoms with Crippen molar-refractivity contribution in [2.24, 2.45) is 0 Å². The van der Waals surface area contributed by atoms with Crippen molar-refractivity contribution in [3.05, 3.63) is 90.0 Å². The molecule has 0 unspecified atom stereocenters. The molecule has 0 aliphatic carbocycles. The number of thioether (sulfide) groups is 1. The van der Waals surface area contributed by atoms with Gasteiger partial charge >= 0.3 is 0 Å². The van der Waals surface area contributed by atoms with Gasteiger partial charge in [0, 0.05) is 16.8 Å². The molecule has 9 heteroatoms. The summed E-state index contributed by atoms with van der Waals surface area (Å²) >= 11 is 10.2. The molecule has 5 aromatic rings. The minimum absolute atomic E-state index is 0.101. The summed E-state index contributed by atoms with van der Waals surface area (Å²) in [5.74, 6) is 0.629. The Bertz CT molecular complexity index is 1610. The van der Waals surface area contributed by atoms with E-state index in [4.69, 9.17) is 17.2 Å². The number of hydrogen-bond acceptors (Lipinski definition) is 7. The molecule has 0 saturated heterocycles. The van der Waals surface area contributed by atoms with E-state index in [0.717, 1.165) is 34.1 Å². The van der Waals surface area contributed by atoms with Crippen LogP contribution in [0, 0.1) is 17.8 Å². The fourth-order valence-corrected chi connectivity index (χ4v) is 6.69. The van der Waals surface area contributed by atoms with E-state index in [2.05, 4.69) is 29.4 Å². The van der Waals surface area contributed by atoms with Gasteiger partial charge in [0.2, 0.25) is 0 Å². The topological polar surface area (TPSA) is 52.7 Å². The molecule has 0 aliphatic heterocycles. The minimum Gasteiger partial charge on any atom is -0.275 e. The van der Waals surface area contributed by atoms with Crippen molar-refractivity contribution in [3.8, 4) is 11.4 Å². The highest BCUT2D eigenvalue weighted by Gasteiger charge is 2.20. The molecule has 0 N–H and O–H groups in total. The Hall–Kier alpha value is -2.59. The van der Waals surface area contributed by atoms with Crippen LogP contribution in [0.25, 0.3) is 21.7 Å². The number of aryl methyl sites for hydroxylation is 3. The smallest absolute Gasteiger partial charge is 0.275 e. The zero-order valence-electron chi connectivity index (χ0n) is 18.9. The normalized spacial score (nSPS) is 11.4. The zero-order chi connectivity index (χ0) is 23.8. The Morgan fingerprint density at radius 3 is 2.47 bits per heavy atom. The highest BCUT2D eigenvalue weighted by Crippen LogP contribution is 2.30. The molecule has 0 spiro atoms. The van der Waals surface area contributed by atoms with E-state index >= 15 is 0 Å². The molecular formula is C25H22N4OS4. The first kappa shape index (κ1) is 23.2. The van der Waals surface area contributed by atoms with Gasteiger partial charge in [0.05, 0.1) is 16.4 Å². The van der Waals surface area contributed by atoms with E-state index in [9.17, 15) is 4.79 Å². The van der Waals surface area contributed by atoms with Crippen LogP contribution in [-0.4, -0.2) is 19.1 Å². The average Bonchev–Trinajstić information content (AvgIpc) is 3.41. The monoisotopic (exact) mass is 522 g/mol. The van der Waals surface area contributed by atoms with Crippen LogP contribution in [0.5, 0.6) is 0 Å². The van der Waals surface area contributed by atoms with Crippen molar-refractivity contribution in [2.75, 3.05) is 0 Å². The fraction of sp³-hybridized carbons (Fsp3) is 0.200. The summed E-state index contributed by atoms with van der Waals surface area (Å²) in [6.45, 7) is 6.13. The molecule has 0 amide bonds. The van der Waals surface area contributed by atoms with Gasteiger partial charge in [-0.1, -0.05) is 60.4 Å². The molecule has 2 aromatic carbocycles. The Kier molecular flexibility index (Phi) is 6.52. The van der Waals surface area contributed by atoms with Crippen molar-refractivity contribution < 1.29 is 0 Å². The van der Waals surface area contributed by atoms with Gasteiger partial charge in [-0.2, -0.15) is 0 Å². The number of fused-ring (bicyclic) bond motifs is 1. The van der Waals surface area contributed by atoms with Gasteiger partial charge in [-0.3, -0.25) is 13.9 Å². The van der Waals surface area contributed by atoms with Gasteiger partial charge in [-0.05, 0) is 61.8 Å². The van der Waals surface area contributed by atoms with Crippen LogP contribution >= 0.6 is 46.7 Å². The lowest BCUT2D eigenvalue weighted by molar-refractivity contribution is 0.806. The largest absolute Gasteiger partial charge is 0.278 e. The summed E-state index contributed by atoms with van der Waals surface area (Å²) in [5.41, 5.74) is 5.49. The molecular weight excluding hydrogens is 501 g/mol. The number of hydrogen-bond donors (Lipinski definition) is 0. The maximum absolute atomic E-state index is 13.9. The minimum atomic E-state index is -0.101. The van der Waals surface area contributed by atoms with E-state index in [1.54, 1.807) is 15.9 Å². The first-order chi connectivity index (χ1) is 16.5. The highest BCUT2D eigenvalue weighted by molar-refractivity contribution is 7.98. The summed E-state index contributed by atoms with van der Waals surface area (Å²) in [5, 5.41) is 3.71. The van der Waals surface area contributed by atoms with E-state index in [1.807, 2.05) is 54.8 Å². The Labute approximate surface area is 214 Å². The second-order valence-corrected chi connectivity index (χ2v) is 11.5. The van der Waals surface area contributed by atoms with E-state index < -0.39 is 0 Å². The molecule has 34 heavy (non-hydrogen) atoms. The Morgan fingerprint density at radius 1 is 1.03 bits per heavy atom. The van der Waals surface area contributed by atoms with Crippen LogP contribution in [-0.2, 0) is 12.2 Å². The Morgan fingerprint density at radius 2 is 1.79 bits per heavy atom. The molecule has 5 rings (SSSR count). The molecule has 3 aromatic heterocycles. The van der Waals surface area contributed by atoms with Gasteiger partial charge < -0.3 is 0 Å². The van der Waals surface area contributed by atoms with Gasteiger partial charge in [0.15, 0.2) is 14.8 Å². The lowest BCUT2D eigenvalue weighted by atomic mass is 10.1. The van der Waals surface area contributed by atoms with Gasteiger partial charge in [-0.15, -0.1) is 11.3 Å². The van der Waals surface area contributed by atoms with E-state index in [0.29, 0.717) is 25.2 Å². The number of benzene rings is 2. The third kappa shape index (κ3) is 4.29. The maximum atomic E-state index is 13.9. The molecule has 0 atom stereocenters. The second kappa shape index (κ2) is 9.58. The first-order valence-electron chi connectivity index (χ1n) is 10.8. The van der Waals surface area contributed by atoms with Crippen molar-refractivity contribution in [2.45, 2.75) is 38.1 Å². The van der Waals surface area contributed by atoms with Crippen LogP contribution in [0.15, 0.2) is 63.9 Å². The number of thiazole rings is 2. The average molecular weight is 523 g/mol. The van der Waals surface area contributed by atoms with Gasteiger partial charge in [0.1, 0.15) is 4.70 Å². The van der Waals surface area contributed by atoms with Crippen molar-refractivity contribution in [3.63, 3.8) is 0 Å². The standard InChI is InChI=1S/C25H22N4OS4/c1-4-17-9-11-19(12-10-17)28-22-21(34-25(28)31)23(30)29(20-8-6-5-7-15(20)2)24(27-22)33-14-18-13-32-16(3)26-18/h5-13H,4,14H2,1-3H3. The molecule has 0 saturated carbocycles. The number of rotatable bonds is 6. The predicted molar refractivity (Wildman–Crippen MR) is 146 cm³/mol. The molecule has 172 valence electrons. The Balaban J connectivity index is 1.73. The van der Waals surface area contributed by atoms with Crippen LogP contribution in [0.2, 0.25) is 0 Å². The molecule has 0 bridgehead atoms. The number of nitrogens with zero attached hydrogens (tertiary/aromatic N) is 4. The zero-order valence-corrected chi connectivity index (χ0v) is 22.2. The van der Waals surface area contributed by atoms with Crippen molar-refractivity contribution >= 4 is 57.0 Å². The molecule has 0 radical (unpaired) electrons. The lowest BCUT2D eigenvalue weighted by Gasteiger charge is -2.14. The van der Waals surface area contributed by atoms with Crippen LogP contribution in [0.3, 0.4) is 0 Å². The first-order valence-corrected chi connectivity index (χ1v) is 13.9. The highest BCUT2D eigenvalue weighted by atomic mass is 32.2. The predicted octanol–water partition coefficient (Wildman–Crippen LogP) is 6.90. The molecule has 3 heterocycles. The van der Waals surface area contributed by atoms with Crippen LogP contribution in [0.1, 0.15) is 28.8 Å². The number of para-hydroxylation sites is 1. The van der Waals surface area contributed by atoms with Gasteiger partial charge in [0.25, 0.3) is 5.56 Å². The van der Waals surface area contributed by atoms with Crippen LogP contribution < -0.4 is 5.56 Å². The van der Waals surface area contributed by atoms with Crippen LogP contribution in [0.4, 0.5) is 0 Å². The molecule has 0 aliphatic rings. The van der Waals surface area contributed by atoms with E-state index in [1.165, 1.54) is 28.7 Å². The van der Waals surface area contributed by atoms with Gasteiger partial charge in [-0.25, -0.2) is 9.97 Å².